The van der Waals surface area contributed by atoms with E-state index in [9.17, 15) is 13.2 Å². The highest BCUT2D eigenvalue weighted by molar-refractivity contribution is 7.92. The van der Waals surface area contributed by atoms with E-state index in [2.05, 4.69) is 11.9 Å². The highest BCUT2D eigenvalue weighted by Crippen LogP contribution is 2.23. The van der Waals surface area contributed by atoms with Crippen LogP contribution in [-0.4, -0.2) is 33.2 Å². The number of benzene rings is 1. The molecule has 1 rings (SSSR count). The summed E-state index contributed by atoms with van der Waals surface area (Å²) in [5.74, 6) is -0.362. The highest BCUT2D eigenvalue weighted by Gasteiger charge is 2.28. The van der Waals surface area contributed by atoms with Gasteiger partial charge >= 0.3 is 0 Å². The first-order valence-electron chi connectivity index (χ1n) is 6.63. The molecule has 1 aromatic rings. The van der Waals surface area contributed by atoms with Crippen molar-refractivity contribution in [3.63, 3.8) is 0 Å². The van der Waals surface area contributed by atoms with Crippen molar-refractivity contribution >= 4 is 21.6 Å². The molecule has 0 radical (unpaired) electrons. The number of anilines is 1. The largest absolute Gasteiger partial charge is 0.351 e. The van der Waals surface area contributed by atoms with Gasteiger partial charge in [-0.1, -0.05) is 12.1 Å². The number of nitrogens with one attached hydrogen (secondary N) is 1. The van der Waals surface area contributed by atoms with E-state index in [1.165, 1.54) is 0 Å². The van der Waals surface area contributed by atoms with Gasteiger partial charge in [0.2, 0.25) is 15.9 Å². The number of nitrogens with zero attached hydrogens (tertiary/aromatic N) is 1. The van der Waals surface area contributed by atoms with Crippen molar-refractivity contribution in [3.8, 4) is 0 Å². The Labute approximate surface area is 126 Å². The van der Waals surface area contributed by atoms with E-state index in [0.717, 1.165) is 21.7 Å². The van der Waals surface area contributed by atoms with Crippen molar-refractivity contribution in [1.29, 1.82) is 0 Å². The van der Waals surface area contributed by atoms with Crippen molar-refractivity contribution in [2.75, 3.05) is 17.1 Å². The van der Waals surface area contributed by atoms with Crippen LogP contribution in [0.15, 0.2) is 30.9 Å². The van der Waals surface area contributed by atoms with Gasteiger partial charge in [0.05, 0.1) is 11.9 Å². The Bertz CT molecular complexity index is 618. The molecular formula is C15H22N2O3S. The number of amides is 1. The number of aryl methyl sites for hydroxylation is 2. The molecule has 0 fully saturated rings. The molecule has 1 N–H and O–H groups in total. The summed E-state index contributed by atoms with van der Waals surface area (Å²) in [4.78, 5) is 12.1. The molecule has 0 aliphatic heterocycles. The fourth-order valence-corrected chi connectivity index (χ4v) is 3.37. The molecular weight excluding hydrogens is 288 g/mol. The first-order valence-corrected chi connectivity index (χ1v) is 8.48. The smallest absolute Gasteiger partial charge is 0.243 e. The van der Waals surface area contributed by atoms with Crippen LogP contribution in [0.25, 0.3) is 0 Å². The molecule has 1 amide bonds. The predicted molar refractivity (Wildman–Crippen MR) is 85.9 cm³/mol. The summed E-state index contributed by atoms with van der Waals surface area (Å²) in [6, 6.07) is 4.63. The van der Waals surface area contributed by atoms with Gasteiger partial charge in [-0.2, -0.15) is 0 Å². The molecule has 5 nitrogen and oxygen atoms in total. The third-order valence-electron chi connectivity index (χ3n) is 2.97. The Morgan fingerprint density at radius 2 is 1.86 bits per heavy atom. The zero-order valence-electron chi connectivity index (χ0n) is 12.9. The molecule has 0 aromatic heterocycles. The van der Waals surface area contributed by atoms with Crippen molar-refractivity contribution in [2.45, 2.75) is 26.8 Å². The van der Waals surface area contributed by atoms with Crippen LogP contribution in [0.1, 0.15) is 18.1 Å². The molecule has 0 spiro atoms. The summed E-state index contributed by atoms with van der Waals surface area (Å²) in [6.07, 6.45) is 2.65. The number of hydrogen-bond acceptors (Lipinski definition) is 3. The second-order valence-corrected chi connectivity index (χ2v) is 6.97. The monoisotopic (exact) mass is 310 g/mol. The number of carbonyl (C=O) groups excluding carboxylic acids is 1. The third-order valence-corrected chi connectivity index (χ3v) is 4.21. The average Bonchev–Trinajstić information content (AvgIpc) is 2.32. The quantitative estimate of drug-likeness (QED) is 0.814. The van der Waals surface area contributed by atoms with Crippen molar-refractivity contribution < 1.29 is 13.2 Å². The second kappa shape index (κ2) is 6.76. The summed E-state index contributed by atoms with van der Waals surface area (Å²) < 4.78 is 25.3. The number of sulfonamides is 1. The SMILES string of the molecule is C=CCNC(=O)C(C)N(c1cc(C)cc(C)c1)S(C)(=O)=O. The zero-order chi connectivity index (χ0) is 16.2. The molecule has 0 heterocycles. The molecule has 0 saturated heterocycles. The molecule has 1 atom stereocenters. The Balaban J connectivity index is 3.24. The van der Waals surface area contributed by atoms with Gasteiger partial charge in [0.15, 0.2) is 0 Å². The molecule has 6 heteroatoms. The molecule has 21 heavy (non-hydrogen) atoms. The van der Waals surface area contributed by atoms with Crippen LogP contribution < -0.4 is 9.62 Å². The molecule has 0 saturated carbocycles. The minimum absolute atomic E-state index is 0.299. The van der Waals surface area contributed by atoms with Gasteiger partial charge in [0.25, 0.3) is 0 Å². The highest BCUT2D eigenvalue weighted by atomic mass is 32.2. The minimum Gasteiger partial charge on any atom is -0.351 e. The van der Waals surface area contributed by atoms with Crippen LogP contribution in [0.4, 0.5) is 5.69 Å². The van der Waals surface area contributed by atoms with Crippen molar-refractivity contribution in [1.82, 2.24) is 5.32 Å². The van der Waals surface area contributed by atoms with Crippen molar-refractivity contribution in [2.24, 2.45) is 0 Å². The fourth-order valence-electron chi connectivity index (χ4n) is 2.21. The Hall–Kier alpha value is -1.82. The first kappa shape index (κ1) is 17.2. The van der Waals surface area contributed by atoms with E-state index in [4.69, 9.17) is 0 Å². The van der Waals surface area contributed by atoms with E-state index in [0.29, 0.717) is 12.2 Å². The van der Waals surface area contributed by atoms with Crippen LogP contribution in [-0.2, 0) is 14.8 Å². The van der Waals surface area contributed by atoms with E-state index in [1.807, 2.05) is 19.9 Å². The average molecular weight is 310 g/mol. The normalized spacial score (nSPS) is 12.6. The standard InChI is InChI=1S/C15H22N2O3S/c1-6-7-16-15(18)13(4)17(21(5,19)20)14-9-11(2)8-12(3)10-14/h6,8-10,13H,1,7H2,2-5H3,(H,16,18). The number of hydrogen-bond donors (Lipinski definition) is 1. The molecule has 0 aliphatic carbocycles. The molecule has 0 aliphatic rings. The molecule has 1 aromatic carbocycles. The number of carbonyl (C=O) groups is 1. The first-order chi connectivity index (χ1) is 9.66. The van der Waals surface area contributed by atoms with Gasteiger partial charge in [-0.05, 0) is 44.0 Å². The van der Waals surface area contributed by atoms with E-state index >= 15 is 0 Å². The predicted octanol–water partition coefficient (Wildman–Crippen LogP) is 1.76. The van der Waals surface area contributed by atoms with Gasteiger partial charge in [0.1, 0.15) is 6.04 Å². The van der Waals surface area contributed by atoms with Crippen LogP contribution in [0.2, 0.25) is 0 Å². The Morgan fingerprint density at radius 1 is 1.33 bits per heavy atom. The fraction of sp³-hybridized carbons (Fsp3) is 0.400. The van der Waals surface area contributed by atoms with E-state index in [-0.39, 0.29) is 5.91 Å². The van der Waals surface area contributed by atoms with Gasteiger partial charge < -0.3 is 5.32 Å². The van der Waals surface area contributed by atoms with Crippen LogP contribution in [0, 0.1) is 13.8 Å². The number of rotatable bonds is 6. The minimum atomic E-state index is -3.57. The molecule has 116 valence electrons. The Morgan fingerprint density at radius 3 is 2.29 bits per heavy atom. The Kier molecular flexibility index (Phi) is 5.54. The van der Waals surface area contributed by atoms with Gasteiger partial charge in [-0.15, -0.1) is 6.58 Å². The van der Waals surface area contributed by atoms with E-state index < -0.39 is 16.1 Å². The van der Waals surface area contributed by atoms with Gasteiger partial charge in [-0.25, -0.2) is 8.42 Å². The van der Waals surface area contributed by atoms with Crippen LogP contribution in [0.3, 0.4) is 0 Å². The van der Waals surface area contributed by atoms with E-state index in [1.54, 1.807) is 25.1 Å². The maximum absolute atomic E-state index is 12.1. The summed E-state index contributed by atoms with van der Waals surface area (Å²) in [5, 5.41) is 2.62. The third kappa shape index (κ3) is 4.60. The maximum atomic E-state index is 12.1. The zero-order valence-corrected chi connectivity index (χ0v) is 13.7. The topological polar surface area (TPSA) is 66.5 Å². The summed E-state index contributed by atoms with van der Waals surface area (Å²) >= 11 is 0. The lowest BCUT2D eigenvalue weighted by molar-refractivity contribution is -0.121. The van der Waals surface area contributed by atoms with Crippen LogP contribution in [0.5, 0.6) is 0 Å². The summed E-state index contributed by atoms with van der Waals surface area (Å²) in [5.41, 5.74) is 2.38. The van der Waals surface area contributed by atoms with Gasteiger partial charge in [0, 0.05) is 6.54 Å². The lowest BCUT2D eigenvalue weighted by Gasteiger charge is -2.28. The molecule has 1 unspecified atom stereocenters. The lowest BCUT2D eigenvalue weighted by Crippen LogP contribution is -2.48. The maximum Gasteiger partial charge on any atom is 0.243 e. The van der Waals surface area contributed by atoms with Gasteiger partial charge in [-0.3, -0.25) is 9.10 Å². The summed E-state index contributed by atoms with van der Waals surface area (Å²) in [6.45, 7) is 9.16. The van der Waals surface area contributed by atoms with Crippen molar-refractivity contribution in [3.05, 3.63) is 42.0 Å². The van der Waals surface area contributed by atoms with Crippen LogP contribution >= 0.6 is 0 Å². The molecule has 0 bridgehead atoms. The summed E-state index contributed by atoms with van der Waals surface area (Å²) in [7, 11) is -3.57. The second-order valence-electron chi connectivity index (χ2n) is 5.11. The lowest BCUT2D eigenvalue weighted by atomic mass is 10.1.